The minimum atomic E-state index is -1.66. The molecule has 0 aliphatic rings. The van der Waals surface area contributed by atoms with Crippen molar-refractivity contribution in [1.82, 2.24) is 5.32 Å². The van der Waals surface area contributed by atoms with Gasteiger partial charge < -0.3 is 52.0 Å². The number of nitro benzene ring substituents is 1. The van der Waals surface area contributed by atoms with E-state index in [9.17, 15) is 48.8 Å². The third kappa shape index (κ3) is 11.6. The minimum absolute atomic E-state index is 0.0121. The van der Waals surface area contributed by atoms with Crippen LogP contribution in [0.25, 0.3) is 0 Å². The number of methoxy groups -OCH3 is 1. The number of nitrogens with zero attached hydrogens (tertiary/aromatic N) is 1. The van der Waals surface area contributed by atoms with Gasteiger partial charge in [0.25, 0.3) is 35.2 Å². The summed E-state index contributed by atoms with van der Waals surface area (Å²) in [7, 11) is 1.12. The number of nitro groups is 1. The predicted molar refractivity (Wildman–Crippen MR) is 227 cm³/mol. The number of benzene rings is 5. The first-order valence-corrected chi connectivity index (χ1v) is 18.6. The maximum absolute atomic E-state index is 13.3. The Bertz CT molecular complexity index is 2560. The number of hydrogen-bond acceptors (Lipinski definition) is 12. The van der Waals surface area contributed by atoms with Crippen LogP contribution >= 0.6 is 0 Å². The van der Waals surface area contributed by atoms with Crippen molar-refractivity contribution in [3.63, 3.8) is 0 Å². The highest BCUT2D eigenvalue weighted by atomic mass is 16.6. The number of non-ortho nitro benzene ring substituents is 1. The molecule has 0 spiro atoms. The van der Waals surface area contributed by atoms with Gasteiger partial charge in [0.05, 0.1) is 27.8 Å². The molecule has 0 bridgehead atoms. The number of ether oxygens (including phenoxy) is 2. The maximum atomic E-state index is 13.3. The Hall–Kier alpha value is -8.65. The molecule has 2 unspecified atom stereocenters. The SMILES string of the molecule is COC(C(=O)Nc1ccc(C(=O)Nc2ccc(C(=O)Nc3ccc(C(=O)O)cc3)c(O)c2OC(C)C)cc1)C(NC(=O)c1ccc(NC(=O)c2ccc([N+](=O)[O-])cc2)cc1)C(N)=O. The molecule has 20 nitrogen and oxygen atoms in total. The zero-order valence-corrected chi connectivity index (χ0v) is 33.5. The van der Waals surface area contributed by atoms with Crippen molar-refractivity contribution in [2.45, 2.75) is 32.1 Å². The summed E-state index contributed by atoms with van der Waals surface area (Å²) in [5.74, 6) is -6.66. The van der Waals surface area contributed by atoms with Gasteiger partial charge in [0.15, 0.2) is 17.6 Å². The molecule has 324 valence electrons. The fourth-order valence-electron chi connectivity index (χ4n) is 5.77. The van der Waals surface area contributed by atoms with Gasteiger partial charge in [0, 0.05) is 53.0 Å². The van der Waals surface area contributed by atoms with E-state index in [2.05, 4.69) is 26.6 Å². The summed E-state index contributed by atoms with van der Waals surface area (Å²) < 4.78 is 11.0. The van der Waals surface area contributed by atoms with E-state index in [1.165, 1.54) is 109 Å². The highest BCUT2D eigenvalue weighted by Gasteiger charge is 2.34. The number of anilines is 4. The van der Waals surface area contributed by atoms with E-state index in [0.717, 1.165) is 7.11 Å². The fraction of sp³-hybridized carbons (Fsp3) is 0.140. The van der Waals surface area contributed by atoms with Gasteiger partial charge in [-0.25, -0.2) is 4.79 Å². The lowest BCUT2D eigenvalue weighted by Gasteiger charge is -2.24. The van der Waals surface area contributed by atoms with Crippen molar-refractivity contribution < 1.29 is 58.2 Å². The summed E-state index contributed by atoms with van der Waals surface area (Å²) in [6, 6.07) is 22.2. The molecule has 0 fully saturated rings. The van der Waals surface area contributed by atoms with Gasteiger partial charge in [0.2, 0.25) is 5.91 Å². The Kier molecular flexibility index (Phi) is 14.5. The van der Waals surface area contributed by atoms with Crippen molar-refractivity contribution in [1.29, 1.82) is 0 Å². The molecule has 20 heteroatoms. The molecule has 9 N–H and O–H groups in total. The van der Waals surface area contributed by atoms with E-state index in [4.69, 9.17) is 20.3 Å². The van der Waals surface area contributed by atoms with Crippen LogP contribution in [0.2, 0.25) is 0 Å². The molecule has 0 aliphatic heterocycles. The van der Waals surface area contributed by atoms with Crippen LogP contribution in [-0.2, 0) is 14.3 Å². The highest BCUT2D eigenvalue weighted by Crippen LogP contribution is 2.39. The number of aromatic hydroxyl groups is 1. The van der Waals surface area contributed by atoms with Crippen LogP contribution in [0.3, 0.4) is 0 Å². The van der Waals surface area contributed by atoms with E-state index in [1.54, 1.807) is 13.8 Å². The van der Waals surface area contributed by atoms with E-state index in [1.807, 2.05) is 0 Å². The largest absolute Gasteiger partial charge is 0.504 e. The number of rotatable bonds is 17. The smallest absolute Gasteiger partial charge is 0.335 e. The van der Waals surface area contributed by atoms with Crippen molar-refractivity contribution in [2.75, 3.05) is 28.4 Å². The monoisotopic (exact) mass is 861 g/mol. The number of carboxylic acid groups (broad SMARTS) is 1. The Labute approximate surface area is 357 Å². The van der Waals surface area contributed by atoms with Gasteiger partial charge in [-0.15, -0.1) is 0 Å². The Morgan fingerprint density at radius 2 is 1.10 bits per heavy atom. The number of phenolic OH excluding ortho intramolecular Hbond substituents is 1. The van der Waals surface area contributed by atoms with Gasteiger partial charge in [0.1, 0.15) is 6.04 Å². The average molecular weight is 862 g/mol. The van der Waals surface area contributed by atoms with Gasteiger partial charge in [-0.05, 0) is 111 Å². The summed E-state index contributed by atoms with van der Waals surface area (Å²) in [5, 5.41) is 43.8. The minimum Gasteiger partial charge on any atom is -0.504 e. The second kappa shape index (κ2) is 20.1. The number of primary amides is 1. The Balaban J connectivity index is 1.21. The number of carboxylic acids is 1. The molecular weight excluding hydrogens is 823 g/mol. The number of amides is 6. The van der Waals surface area contributed by atoms with Gasteiger partial charge in [-0.3, -0.25) is 38.9 Å². The fourth-order valence-corrected chi connectivity index (χ4v) is 5.77. The first-order chi connectivity index (χ1) is 29.9. The lowest BCUT2D eigenvalue weighted by molar-refractivity contribution is -0.384. The molecule has 6 amide bonds. The van der Waals surface area contributed by atoms with Crippen molar-refractivity contribution in [3.05, 3.63) is 147 Å². The molecule has 5 rings (SSSR count). The lowest BCUT2D eigenvalue weighted by Crippen LogP contribution is -2.56. The number of phenols is 1. The molecule has 0 heterocycles. The van der Waals surface area contributed by atoms with Crippen LogP contribution in [0.5, 0.6) is 11.5 Å². The molecule has 5 aromatic carbocycles. The van der Waals surface area contributed by atoms with Crippen molar-refractivity contribution in [3.8, 4) is 11.5 Å². The topological polar surface area (TPSA) is 308 Å². The summed E-state index contributed by atoms with van der Waals surface area (Å²) >= 11 is 0. The normalized spacial score (nSPS) is 11.6. The number of carbonyl (C=O) groups excluding carboxylic acids is 6. The summed E-state index contributed by atoms with van der Waals surface area (Å²) in [6.07, 6.45) is -2.12. The summed E-state index contributed by atoms with van der Waals surface area (Å²) in [4.78, 5) is 99.3. The van der Waals surface area contributed by atoms with Crippen LogP contribution in [0.15, 0.2) is 109 Å². The molecular formula is C43H39N7O13. The second-order valence-electron chi connectivity index (χ2n) is 13.7. The van der Waals surface area contributed by atoms with Crippen LogP contribution in [0.4, 0.5) is 28.4 Å². The average Bonchev–Trinajstić information content (AvgIpc) is 3.25. The number of nitrogens with one attached hydrogen (secondary N) is 5. The zero-order valence-electron chi connectivity index (χ0n) is 33.5. The molecule has 0 saturated heterocycles. The Morgan fingerprint density at radius 3 is 1.57 bits per heavy atom. The van der Waals surface area contributed by atoms with E-state index < -0.39 is 70.3 Å². The highest BCUT2D eigenvalue weighted by molar-refractivity contribution is 6.10. The van der Waals surface area contributed by atoms with Crippen molar-refractivity contribution >= 4 is 69.8 Å². The van der Waals surface area contributed by atoms with Gasteiger partial charge in [-0.2, -0.15) is 0 Å². The molecule has 5 aromatic rings. The first-order valence-electron chi connectivity index (χ1n) is 18.6. The van der Waals surface area contributed by atoms with Crippen LogP contribution < -0.4 is 37.1 Å². The number of hydrogen-bond donors (Lipinski definition) is 8. The zero-order chi connectivity index (χ0) is 46.0. The van der Waals surface area contributed by atoms with Gasteiger partial charge in [-0.1, -0.05) is 0 Å². The van der Waals surface area contributed by atoms with Crippen LogP contribution in [-0.4, -0.2) is 81.9 Å². The van der Waals surface area contributed by atoms with E-state index >= 15 is 0 Å². The predicted octanol–water partition coefficient (Wildman–Crippen LogP) is 4.78. The molecule has 0 aromatic heterocycles. The number of carbonyl (C=O) groups is 7. The van der Waals surface area contributed by atoms with E-state index in [-0.39, 0.29) is 62.0 Å². The molecule has 0 saturated carbocycles. The standard InChI is InChI=1S/C43H39N7O13/c1-22(2)63-35-32(21-20-31(34(35)51)41(56)46-28-16-8-26(9-17-28)43(58)59)48-39(54)23-4-14-29(15-5-23)47-42(57)36(62-3)33(37(44)52)49-40(55)24-6-12-27(13-7-24)45-38(53)25-10-18-30(19-11-25)50(60)61/h4-22,33,36,51H,1-3H3,(H2,44,52)(H,45,53)(H,46,56)(H,47,57)(H,48,54)(H,49,55)(H,58,59). The van der Waals surface area contributed by atoms with Crippen LogP contribution in [0, 0.1) is 10.1 Å². The number of nitrogens with two attached hydrogens (primary N) is 1. The lowest BCUT2D eigenvalue weighted by atomic mass is 10.1. The molecule has 0 aliphatic carbocycles. The van der Waals surface area contributed by atoms with Gasteiger partial charge >= 0.3 is 5.97 Å². The maximum Gasteiger partial charge on any atom is 0.335 e. The molecule has 2 atom stereocenters. The summed E-state index contributed by atoms with van der Waals surface area (Å²) in [6.45, 7) is 3.33. The van der Waals surface area contributed by atoms with Crippen molar-refractivity contribution in [2.24, 2.45) is 5.73 Å². The third-order valence-corrected chi connectivity index (χ3v) is 8.94. The van der Waals surface area contributed by atoms with E-state index in [0.29, 0.717) is 0 Å². The quantitative estimate of drug-likeness (QED) is 0.0462. The molecule has 63 heavy (non-hydrogen) atoms. The number of aromatic carboxylic acids is 1. The third-order valence-electron chi connectivity index (χ3n) is 8.94. The summed E-state index contributed by atoms with van der Waals surface area (Å²) in [5.41, 5.74) is 6.20. The second-order valence-corrected chi connectivity index (χ2v) is 13.7. The Morgan fingerprint density at radius 1 is 0.635 bits per heavy atom. The molecule has 0 radical (unpaired) electrons. The van der Waals surface area contributed by atoms with Crippen LogP contribution in [0.1, 0.15) is 65.6 Å². The first kappa shape index (κ1) is 45.4.